The van der Waals surface area contributed by atoms with E-state index in [9.17, 15) is 8.42 Å². The van der Waals surface area contributed by atoms with Crippen molar-refractivity contribution in [2.75, 3.05) is 19.6 Å². The van der Waals surface area contributed by atoms with Gasteiger partial charge in [-0.2, -0.15) is 4.31 Å². The molecule has 0 unspecified atom stereocenters. The Morgan fingerprint density at radius 3 is 2.32 bits per heavy atom. The molecule has 6 heteroatoms. The van der Waals surface area contributed by atoms with Crippen LogP contribution in [0.5, 0.6) is 0 Å². The molecule has 2 saturated heterocycles. The lowest BCUT2D eigenvalue weighted by atomic mass is 9.65. The molecule has 2 fully saturated rings. The maximum absolute atomic E-state index is 12.5. The number of hydrogen-bond acceptors (Lipinski definition) is 4. The van der Waals surface area contributed by atoms with Crippen molar-refractivity contribution in [2.24, 2.45) is 5.41 Å². The molecule has 2 aliphatic heterocycles. The molecule has 0 radical (unpaired) electrons. The van der Waals surface area contributed by atoms with Gasteiger partial charge in [-0.1, -0.05) is 13.8 Å². The minimum Gasteiger partial charge on any atom is -0.447 e. The molecule has 22 heavy (non-hydrogen) atoms. The van der Waals surface area contributed by atoms with E-state index < -0.39 is 10.0 Å². The van der Waals surface area contributed by atoms with E-state index in [0.29, 0.717) is 19.6 Å². The standard InChI is InChI=1S/C16H26N2O3S/c1-15(2)12-17(16(15,3)4)11-13-7-8-14(21-13)22(19,20)18-9-5-6-10-18/h7-8H,5-6,9-12H2,1-4H3. The summed E-state index contributed by atoms with van der Waals surface area (Å²) >= 11 is 0. The van der Waals surface area contributed by atoms with Gasteiger partial charge in [-0.25, -0.2) is 8.42 Å². The van der Waals surface area contributed by atoms with Crippen LogP contribution in [0.1, 0.15) is 46.3 Å². The van der Waals surface area contributed by atoms with Gasteiger partial charge >= 0.3 is 0 Å². The first-order valence-electron chi connectivity index (χ1n) is 7.98. The van der Waals surface area contributed by atoms with E-state index in [0.717, 1.165) is 25.1 Å². The second-order valence-electron chi connectivity index (χ2n) is 7.63. The van der Waals surface area contributed by atoms with Crippen molar-refractivity contribution in [3.8, 4) is 0 Å². The molecule has 0 N–H and O–H groups in total. The molecule has 0 aliphatic carbocycles. The van der Waals surface area contributed by atoms with Crippen LogP contribution >= 0.6 is 0 Å². The third-order valence-electron chi connectivity index (χ3n) is 5.68. The van der Waals surface area contributed by atoms with E-state index in [4.69, 9.17) is 4.42 Å². The summed E-state index contributed by atoms with van der Waals surface area (Å²) in [6, 6.07) is 3.39. The molecular weight excluding hydrogens is 300 g/mol. The quantitative estimate of drug-likeness (QED) is 0.853. The van der Waals surface area contributed by atoms with Crippen molar-refractivity contribution in [1.82, 2.24) is 9.21 Å². The molecule has 1 aromatic rings. The number of nitrogens with zero attached hydrogens (tertiary/aromatic N) is 2. The smallest absolute Gasteiger partial charge is 0.276 e. The lowest BCUT2D eigenvalue weighted by Crippen LogP contribution is -2.68. The molecule has 2 aliphatic rings. The highest BCUT2D eigenvalue weighted by Gasteiger charge is 2.52. The molecule has 0 aromatic carbocycles. The highest BCUT2D eigenvalue weighted by Crippen LogP contribution is 2.47. The Labute approximate surface area is 133 Å². The molecule has 0 spiro atoms. The Morgan fingerprint density at radius 2 is 1.77 bits per heavy atom. The lowest BCUT2D eigenvalue weighted by molar-refractivity contribution is -0.125. The Hall–Kier alpha value is -0.850. The summed E-state index contributed by atoms with van der Waals surface area (Å²) in [7, 11) is -3.45. The number of likely N-dealkylation sites (tertiary alicyclic amines) is 1. The van der Waals surface area contributed by atoms with Crippen molar-refractivity contribution >= 4 is 10.0 Å². The largest absolute Gasteiger partial charge is 0.447 e. The van der Waals surface area contributed by atoms with Crippen LogP contribution in [0, 0.1) is 5.41 Å². The molecule has 5 nitrogen and oxygen atoms in total. The van der Waals surface area contributed by atoms with Gasteiger partial charge in [0.15, 0.2) is 0 Å². The summed E-state index contributed by atoms with van der Waals surface area (Å²) in [5.74, 6) is 0.723. The second-order valence-corrected chi connectivity index (χ2v) is 9.50. The monoisotopic (exact) mass is 326 g/mol. The fourth-order valence-corrected chi connectivity index (χ4v) is 4.73. The van der Waals surface area contributed by atoms with Gasteiger partial charge < -0.3 is 4.42 Å². The maximum atomic E-state index is 12.5. The summed E-state index contributed by atoms with van der Waals surface area (Å²) in [5, 5.41) is 0.0852. The average molecular weight is 326 g/mol. The molecule has 3 rings (SSSR count). The molecule has 1 aromatic heterocycles. The van der Waals surface area contributed by atoms with Crippen molar-refractivity contribution in [3.05, 3.63) is 17.9 Å². The van der Waals surface area contributed by atoms with E-state index in [1.807, 2.05) is 0 Å². The number of furan rings is 1. The third kappa shape index (κ3) is 2.41. The van der Waals surface area contributed by atoms with Crippen LogP contribution in [-0.2, 0) is 16.6 Å². The average Bonchev–Trinajstić information content (AvgIpc) is 3.09. The zero-order chi connectivity index (χ0) is 16.2. The van der Waals surface area contributed by atoms with Gasteiger partial charge in [0.1, 0.15) is 5.76 Å². The highest BCUT2D eigenvalue weighted by atomic mass is 32.2. The molecule has 3 heterocycles. The zero-order valence-electron chi connectivity index (χ0n) is 13.9. The van der Waals surface area contributed by atoms with Crippen molar-refractivity contribution < 1.29 is 12.8 Å². The molecule has 0 atom stereocenters. The minimum absolute atomic E-state index is 0.0852. The predicted octanol–water partition coefficient (Wildman–Crippen LogP) is 2.68. The first-order valence-corrected chi connectivity index (χ1v) is 9.42. The van der Waals surface area contributed by atoms with E-state index in [-0.39, 0.29) is 16.0 Å². The van der Waals surface area contributed by atoms with Gasteiger partial charge in [0.2, 0.25) is 5.09 Å². The summed E-state index contributed by atoms with van der Waals surface area (Å²) in [6.07, 6.45) is 1.87. The normalized spacial score (nSPS) is 25.3. The van der Waals surface area contributed by atoms with Gasteiger partial charge in [-0.3, -0.25) is 4.90 Å². The maximum Gasteiger partial charge on any atom is 0.276 e. The van der Waals surface area contributed by atoms with Crippen LogP contribution in [0.2, 0.25) is 0 Å². The van der Waals surface area contributed by atoms with Crippen LogP contribution in [-0.4, -0.2) is 42.8 Å². The summed E-state index contributed by atoms with van der Waals surface area (Å²) in [4.78, 5) is 2.33. The topological polar surface area (TPSA) is 53.8 Å². The molecule has 0 bridgehead atoms. The summed E-state index contributed by atoms with van der Waals surface area (Å²) in [5.41, 5.74) is 0.359. The fraction of sp³-hybridized carbons (Fsp3) is 0.750. The van der Waals surface area contributed by atoms with Crippen LogP contribution in [0.15, 0.2) is 21.6 Å². The first-order chi connectivity index (χ1) is 10.1. The molecule has 0 saturated carbocycles. The number of rotatable bonds is 4. The Morgan fingerprint density at radius 1 is 1.14 bits per heavy atom. The summed E-state index contributed by atoms with van der Waals surface area (Å²) < 4.78 is 32.1. The third-order valence-corrected chi connectivity index (χ3v) is 7.45. The SMILES string of the molecule is CC1(C)CN(Cc2ccc(S(=O)(=O)N3CCCC3)o2)C1(C)C. The van der Waals surface area contributed by atoms with E-state index >= 15 is 0 Å². The van der Waals surface area contributed by atoms with E-state index in [1.54, 1.807) is 12.1 Å². The van der Waals surface area contributed by atoms with E-state index in [1.165, 1.54) is 4.31 Å². The highest BCUT2D eigenvalue weighted by molar-refractivity contribution is 7.89. The van der Waals surface area contributed by atoms with Crippen LogP contribution in [0.25, 0.3) is 0 Å². The Kier molecular flexibility index (Phi) is 3.70. The van der Waals surface area contributed by atoms with Gasteiger partial charge in [-0.05, 0) is 44.2 Å². The summed E-state index contributed by atoms with van der Waals surface area (Å²) in [6.45, 7) is 11.8. The molecule has 124 valence electrons. The first kappa shape index (κ1) is 16.0. The van der Waals surface area contributed by atoms with Crippen molar-refractivity contribution in [2.45, 2.75) is 57.7 Å². The lowest BCUT2D eigenvalue weighted by Gasteiger charge is -2.61. The zero-order valence-corrected chi connectivity index (χ0v) is 14.7. The number of sulfonamides is 1. The Bertz CT molecular complexity index is 655. The van der Waals surface area contributed by atoms with Crippen molar-refractivity contribution in [3.63, 3.8) is 0 Å². The van der Waals surface area contributed by atoms with Crippen molar-refractivity contribution in [1.29, 1.82) is 0 Å². The van der Waals surface area contributed by atoms with Crippen LogP contribution < -0.4 is 0 Å². The van der Waals surface area contributed by atoms with Gasteiger partial charge in [0.25, 0.3) is 10.0 Å². The second kappa shape index (κ2) is 5.08. The van der Waals surface area contributed by atoms with Crippen LogP contribution in [0.3, 0.4) is 0 Å². The van der Waals surface area contributed by atoms with Gasteiger partial charge in [0, 0.05) is 25.2 Å². The van der Waals surface area contributed by atoms with Crippen LogP contribution in [0.4, 0.5) is 0 Å². The molecular formula is C16H26N2O3S. The number of hydrogen-bond donors (Lipinski definition) is 0. The minimum atomic E-state index is -3.45. The fourth-order valence-electron chi connectivity index (χ4n) is 3.28. The van der Waals surface area contributed by atoms with Gasteiger partial charge in [-0.15, -0.1) is 0 Å². The predicted molar refractivity (Wildman–Crippen MR) is 85.0 cm³/mol. The Balaban J connectivity index is 1.73. The van der Waals surface area contributed by atoms with E-state index in [2.05, 4.69) is 32.6 Å². The molecule has 0 amide bonds. The van der Waals surface area contributed by atoms with Gasteiger partial charge in [0.05, 0.1) is 6.54 Å².